The van der Waals surface area contributed by atoms with Gasteiger partial charge in [-0.05, 0) is 12.5 Å². The summed E-state index contributed by atoms with van der Waals surface area (Å²) < 4.78 is 6.37. The van der Waals surface area contributed by atoms with Gasteiger partial charge in [-0.1, -0.05) is 30.3 Å². The summed E-state index contributed by atoms with van der Waals surface area (Å²) in [5, 5.41) is 18.4. The molecule has 1 aromatic carbocycles. The largest absolute Gasteiger partial charge is 0.461 e. The first-order valence-corrected chi connectivity index (χ1v) is 8.77. The number of carbonyl (C=O) groups excluding carboxylic acids is 1. The minimum atomic E-state index is -0.682. The zero-order valence-electron chi connectivity index (χ0n) is 15.1. The second kappa shape index (κ2) is 6.12. The van der Waals surface area contributed by atoms with Crippen LogP contribution in [0.1, 0.15) is 17.4 Å². The normalized spacial score (nSPS) is 11.5. The third-order valence-electron chi connectivity index (χ3n) is 4.58. The van der Waals surface area contributed by atoms with Gasteiger partial charge in [-0.2, -0.15) is 5.10 Å². The zero-order chi connectivity index (χ0) is 20.1. The molecule has 0 saturated carbocycles. The minimum absolute atomic E-state index is 0.0204. The molecule has 0 unspecified atom stereocenters. The first-order chi connectivity index (χ1) is 14.1. The SMILES string of the molecule is CCOC(=O)c1nnc2c3c(-c4ccccc4)c4c(=O)[nH]nc4nc3[nH]n2c1N. The number of benzene rings is 1. The summed E-state index contributed by atoms with van der Waals surface area (Å²) in [4.78, 5) is 29.0. The van der Waals surface area contributed by atoms with E-state index in [9.17, 15) is 9.59 Å². The van der Waals surface area contributed by atoms with E-state index in [1.54, 1.807) is 6.92 Å². The van der Waals surface area contributed by atoms with Gasteiger partial charge in [-0.15, -0.1) is 10.2 Å². The molecule has 0 aliphatic heterocycles. The monoisotopic (exact) mass is 390 g/mol. The van der Waals surface area contributed by atoms with Gasteiger partial charge >= 0.3 is 5.97 Å². The number of aromatic nitrogens is 7. The van der Waals surface area contributed by atoms with Gasteiger partial charge in [0.25, 0.3) is 5.56 Å². The standard InChI is InChI=1S/C18H14N8O3/c1-2-29-18(28)12-13(19)26-16(23-21-12)10-9(8-6-4-3-5-7-8)11-14(20-15(10)25-26)22-24-17(11)27/h3-7H,2,19H2,1H3,(H,24,27)(H,20,22,25). The van der Waals surface area contributed by atoms with E-state index in [2.05, 4.69) is 30.5 Å². The molecule has 0 spiro atoms. The Labute approximate surface area is 161 Å². The number of hydrogen-bond donors (Lipinski definition) is 3. The van der Waals surface area contributed by atoms with Gasteiger partial charge in [-0.3, -0.25) is 9.89 Å². The quantitative estimate of drug-likeness (QED) is 0.389. The van der Waals surface area contributed by atoms with Crippen molar-refractivity contribution in [1.82, 2.24) is 35.0 Å². The number of carbonyl (C=O) groups is 1. The fourth-order valence-corrected chi connectivity index (χ4v) is 3.36. The second-order valence-corrected chi connectivity index (χ2v) is 6.25. The first-order valence-electron chi connectivity index (χ1n) is 8.77. The number of ether oxygens (including phenoxy) is 1. The molecule has 0 radical (unpaired) electrons. The Balaban J connectivity index is 1.94. The molecule has 4 heterocycles. The highest BCUT2D eigenvalue weighted by Gasteiger charge is 2.24. The Morgan fingerprint density at radius 3 is 2.76 bits per heavy atom. The molecule has 144 valence electrons. The van der Waals surface area contributed by atoms with Crippen LogP contribution < -0.4 is 11.3 Å². The van der Waals surface area contributed by atoms with Crippen molar-refractivity contribution in [1.29, 1.82) is 0 Å². The molecule has 5 aromatic rings. The topological polar surface area (TPSA) is 157 Å². The average molecular weight is 390 g/mol. The van der Waals surface area contributed by atoms with Crippen molar-refractivity contribution in [3.63, 3.8) is 0 Å². The van der Waals surface area contributed by atoms with Gasteiger partial charge in [0.2, 0.25) is 5.69 Å². The number of anilines is 1. The van der Waals surface area contributed by atoms with E-state index >= 15 is 0 Å². The maximum absolute atomic E-state index is 12.5. The molecule has 5 rings (SSSR count). The number of nitrogens with two attached hydrogens (primary N) is 1. The van der Waals surface area contributed by atoms with Crippen LogP contribution in [0.15, 0.2) is 35.1 Å². The average Bonchev–Trinajstić information content (AvgIpc) is 3.28. The lowest BCUT2D eigenvalue weighted by molar-refractivity contribution is 0.0519. The van der Waals surface area contributed by atoms with Gasteiger partial charge in [0.05, 0.1) is 17.4 Å². The highest BCUT2D eigenvalue weighted by molar-refractivity contribution is 6.13. The van der Waals surface area contributed by atoms with Crippen molar-refractivity contribution in [2.45, 2.75) is 6.92 Å². The number of H-pyrrole nitrogens is 2. The van der Waals surface area contributed by atoms with E-state index in [1.807, 2.05) is 30.3 Å². The summed E-state index contributed by atoms with van der Waals surface area (Å²) in [6.07, 6.45) is 0. The van der Waals surface area contributed by atoms with E-state index in [1.165, 1.54) is 4.52 Å². The number of nitrogen functional groups attached to an aromatic ring is 1. The molecule has 11 nitrogen and oxygen atoms in total. The highest BCUT2D eigenvalue weighted by Crippen LogP contribution is 2.34. The molecular weight excluding hydrogens is 376 g/mol. The summed E-state index contributed by atoms with van der Waals surface area (Å²) in [5.41, 5.74) is 8.01. The molecule has 0 amide bonds. The predicted molar refractivity (Wildman–Crippen MR) is 104 cm³/mol. The molecule has 4 N–H and O–H groups in total. The van der Waals surface area contributed by atoms with Crippen LogP contribution in [-0.2, 0) is 4.74 Å². The van der Waals surface area contributed by atoms with Crippen molar-refractivity contribution in [2.24, 2.45) is 0 Å². The molecular formula is C18H14N8O3. The fourth-order valence-electron chi connectivity index (χ4n) is 3.36. The van der Waals surface area contributed by atoms with Crippen molar-refractivity contribution < 1.29 is 9.53 Å². The molecule has 0 bridgehead atoms. The van der Waals surface area contributed by atoms with Crippen LogP contribution in [0.4, 0.5) is 5.82 Å². The fraction of sp³-hybridized carbons (Fsp3) is 0.111. The van der Waals surface area contributed by atoms with Crippen LogP contribution in [-0.4, -0.2) is 47.6 Å². The lowest BCUT2D eigenvalue weighted by Crippen LogP contribution is -2.15. The first kappa shape index (κ1) is 16.9. The number of pyridine rings is 1. The van der Waals surface area contributed by atoms with Crippen molar-refractivity contribution in [3.8, 4) is 11.1 Å². The van der Waals surface area contributed by atoms with Crippen molar-refractivity contribution >= 4 is 39.5 Å². The van der Waals surface area contributed by atoms with Gasteiger partial charge in [-0.25, -0.2) is 19.4 Å². The van der Waals surface area contributed by atoms with E-state index < -0.39 is 5.97 Å². The molecule has 0 atom stereocenters. The number of aromatic amines is 2. The Hall–Kier alpha value is -4.28. The molecule has 0 fully saturated rings. The third kappa shape index (κ3) is 2.37. The minimum Gasteiger partial charge on any atom is -0.461 e. The number of hydrogen-bond acceptors (Lipinski definition) is 8. The van der Waals surface area contributed by atoms with Gasteiger partial charge < -0.3 is 10.5 Å². The van der Waals surface area contributed by atoms with Crippen LogP contribution in [0, 0.1) is 0 Å². The number of fused-ring (bicyclic) bond motifs is 4. The van der Waals surface area contributed by atoms with Crippen molar-refractivity contribution in [3.05, 3.63) is 46.4 Å². The predicted octanol–water partition coefficient (Wildman–Crippen LogP) is 1.27. The lowest BCUT2D eigenvalue weighted by Gasteiger charge is -2.06. The molecule has 0 aliphatic rings. The second-order valence-electron chi connectivity index (χ2n) is 6.25. The summed E-state index contributed by atoms with van der Waals surface area (Å²) in [6.45, 7) is 1.86. The van der Waals surface area contributed by atoms with Crippen LogP contribution in [0.2, 0.25) is 0 Å². The molecule has 4 aromatic heterocycles. The van der Waals surface area contributed by atoms with E-state index in [4.69, 9.17) is 10.5 Å². The third-order valence-corrected chi connectivity index (χ3v) is 4.58. The molecule has 29 heavy (non-hydrogen) atoms. The van der Waals surface area contributed by atoms with Crippen molar-refractivity contribution in [2.75, 3.05) is 12.3 Å². The number of nitrogens with zero attached hydrogens (tertiary/aromatic N) is 5. The maximum Gasteiger partial charge on any atom is 0.362 e. The van der Waals surface area contributed by atoms with Crippen LogP contribution in [0.3, 0.4) is 0 Å². The van der Waals surface area contributed by atoms with Gasteiger partial charge in [0.15, 0.2) is 22.8 Å². The molecule has 0 aliphatic carbocycles. The Morgan fingerprint density at radius 2 is 2.00 bits per heavy atom. The lowest BCUT2D eigenvalue weighted by atomic mass is 10.0. The summed E-state index contributed by atoms with van der Waals surface area (Å²) in [5.74, 6) is -0.661. The summed E-state index contributed by atoms with van der Waals surface area (Å²) >= 11 is 0. The van der Waals surface area contributed by atoms with Crippen LogP contribution in [0.25, 0.3) is 38.8 Å². The number of rotatable bonds is 3. The zero-order valence-corrected chi connectivity index (χ0v) is 15.1. The van der Waals surface area contributed by atoms with Crippen LogP contribution >= 0.6 is 0 Å². The Morgan fingerprint density at radius 1 is 1.21 bits per heavy atom. The Kier molecular flexibility index (Phi) is 3.56. The van der Waals surface area contributed by atoms with E-state index in [0.29, 0.717) is 27.6 Å². The van der Waals surface area contributed by atoms with Crippen LogP contribution in [0.5, 0.6) is 0 Å². The highest BCUT2D eigenvalue weighted by atomic mass is 16.5. The van der Waals surface area contributed by atoms with E-state index in [-0.39, 0.29) is 29.3 Å². The van der Waals surface area contributed by atoms with Gasteiger partial charge in [0, 0.05) is 5.56 Å². The maximum atomic E-state index is 12.5. The molecule has 11 heteroatoms. The Bertz CT molecular complexity index is 1470. The van der Waals surface area contributed by atoms with Gasteiger partial charge in [0.1, 0.15) is 0 Å². The summed E-state index contributed by atoms with van der Waals surface area (Å²) in [6, 6.07) is 9.33. The summed E-state index contributed by atoms with van der Waals surface area (Å²) in [7, 11) is 0. The molecule has 0 saturated heterocycles. The number of nitrogens with one attached hydrogen (secondary N) is 2. The smallest absolute Gasteiger partial charge is 0.362 e. The van der Waals surface area contributed by atoms with E-state index in [0.717, 1.165) is 5.56 Å². The number of esters is 1.